The summed E-state index contributed by atoms with van der Waals surface area (Å²) in [6.45, 7) is 5.56. The molecule has 0 spiro atoms. The van der Waals surface area contributed by atoms with Crippen molar-refractivity contribution >= 4 is 0 Å². The monoisotopic (exact) mass is 162 g/mol. The molecule has 0 radical (unpaired) electrons. The van der Waals surface area contributed by atoms with Crippen molar-refractivity contribution in [2.45, 2.75) is 27.2 Å². The number of alkyl halides is 2. The maximum absolute atomic E-state index is 11.8. The number of nitrogens with one attached hydrogen (secondary N) is 1. The zero-order valence-electron chi connectivity index (χ0n) is 6.86. The number of halogens is 2. The summed E-state index contributed by atoms with van der Waals surface area (Å²) >= 11 is 0. The second-order valence-electron chi connectivity index (χ2n) is 1.75. The molecule has 4 heteroatoms. The molecule has 11 heavy (non-hydrogen) atoms. The van der Waals surface area contributed by atoms with Crippen LogP contribution in [0.15, 0.2) is 6.20 Å². The lowest BCUT2D eigenvalue weighted by Gasteiger charge is -1.92. The van der Waals surface area contributed by atoms with Crippen molar-refractivity contribution in [3.63, 3.8) is 0 Å². The number of nitrogens with zero attached hydrogens (tertiary/aromatic N) is 1. The van der Waals surface area contributed by atoms with E-state index in [-0.39, 0.29) is 5.56 Å². The summed E-state index contributed by atoms with van der Waals surface area (Å²) in [5.74, 6) is 0. The molecule has 0 saturated heterocycles. The van der Waals surface area contributed by atoms with Crippen LogP contribution >= 0.6 is 0 Å². The molecule has 1 rings (SSSR count). The number of hydrogen-bond acceptors (Lipinski definition) is 1. The topological polar surface area (TPSA) is 28.7 Å². The van der Waals surface area contributed by atoms with Crippen LogP contribution in [-0.4, -0.2) is 10.2 Å². The first-order valence-corrected chi connectivity index (χ1v) is 3.50. The molecule has 0 amide bonds. The number of rotatable bonds is 1. The first-order valence-electron chi connectivity index (χ1n) is 3.50. The summed E-state index contributed by atoms with van der Waals surface area (Å²) < 4.78 is 23.6. The third-order valence-electron chi connectivity index (χ3n) is 1.10. The average molecular weight is 162 g/mol. The molecular formula is C7H12F2N2. The van der Waals surface area contributed by atoms with Gasteiger partial charge in [0.15, 0.2) is 0 Å². The molecule has 0 saturated carbocycles. The van der Waals surface area contributed by atoms with Crippen LogP contribution < -0.4 is 0 Å². The van der Waals surface area contributed by atoms with Crippen molar-refractivity contribution in [1.29, 1.82) is 0 Å². The quantitative estimate of drug-likeness (QED) is 0.675. The number of aromatic nitrogens is 2. The Balaban J connectivity index is 0.000000461. The molecule has 0 aliphatic carbocycles. The number of H-pyrrole nitrogens is 1. The van der Waals surface area contributed by atoms with E-state index in [2.05, 4.69) is 10.2 Å². The van der Waals surface area contributed by atoms with Crippen molar-refractivity contribution in [1.82, 2.24) is 10.2 Å². The maximum atomic E-state index is 11.8. The van der Waals surface area contributed by atoms with Crippen LogP contribution in [0.25, 0.3) is 0 Å². The standard InChI is InChI=1S/C5H6F2N2.C2H6/c1-3-4(5(6)7)2-8-9-3;1-2/h2,5H,1H3,(H,8,9);1-2H3. The van der Waals surface area contributed by atoms with Gasteiger partial charge in [-0.05, 0) is 6.92 Å². The lowest BCUT2D eigenvalue weighted by Crippen LogP contribution is -1.82. The van der Waals surface area contributed by atoms with E-state index in [0.717, 1.165) is 6.20 Å². The fraction of sp³-hybridized carbons (Fsp3) is 0.571. The highest BCUT2D eigenvalue weighted by Crippen LogP contribution is 2.19. The largest absolute Gasteiger partial charge is 0.282 e. The van der Waals surface area contributed by atoms with E-state index in [4.69, 9.17) is 0 Å². The minimum Gasteiger partial charge on any atom is -0.282 e. The first kappa shape index (κ1) is 10.1. The molecule has 1 N–H and O–H groups in total. The SMILES string of the molecule is CC.Cc1[nH]ncc1C(F)F. The second-order valence-corrected chi connectivity index (χ2v) is 1.75. The smallest absolute Gasteiger partial charge is 0.267 e. The fourth-order valence-corrected chi connectivity index (χ4v) is 0.580. The van der Waals surface area contributed by atoms with Gasteiger partial charge in [0.25, 0.3) is 6.43 Å². The van der Waals surface area contributed by atoms with Crippen molar-refractivity contribution in [2.75, 3.05) is 0 Å². The summed E-state index contributed by atoms with van der Waals surface area (Å²) in [4.78, 5) is 0. The third kappa shape index (κ3) is 2.65. The molecule has 0 aromatic carbocycles. The van der Waals surface area contributed by atoms with Crippen LogP contribution in [0.2, 0.25) is 0 Å². The zero-order valence-corrected chi connectivity index (χ0v) is 6.86. The number of aryl methyl sites for hydroxylation is 1. The van der Waals surface area contributed by atoms with Gasteiger partial charge in [-0.3, -0.25) is 5.10 Å². The van der Waals surface area contributed by atoms with Crippen LogP contribution in [-0.2, 0) is 0 Å². The molecule has 64 valence electrons. The Bertz CT molecular complexity index is 196. The van der Waals surface area contributed by atoms with E-state index in [1.807, 2.05) is 13.8 Å². The van der Waals surface area contributed by atoms with Crippen molar-refractivity contribution in [2.24, 2.45) is 0 Å². The minimum atomic E-state index is -2.41. The normalized spacial score (nSPS) is 9.27. The van der Waals surface area contributed by atoms with E-state index in [0.29, 0.717) is 5.69 Å². The molecule has 1 heterocycles. The van der Waals surface area contributed by atoms with Gasteiger partial charge >= 0.3 is 0 Å². The Hall–Kier alpha value is -0.930. The van der Waals surface area contributed by atoms with Gasteiger partial charge in [0.1, 0.15) is 0 Å². The van der Waals surface area contributed by atoms with E-state index in [1.54, 1.807) is 6.92 Å². The van der Waals surface area contributed by atoms with Gasteiger partial charge in [0.2, 0.25) is 0 Å². The molecule has 1 aromatic rings. The van der Waals surface area contributed by atoms with Gasteiger partial charge in [-0.25, -0.2) is 8.78 Å². The Kier molecular flexibility index (Phi) is 4.41. The van der Waals surface area contributed by atoms with E-state index < -0.39 is 6.43 Å². The molecule has 0 bridgehead atoms. The molecule has 0 aliphatic heterocycles. The van der Waals surface area contributed by atoms with Gasteiger partial charge < -0.3 is 0 Å². The Morgan fingerprint density at radius 2 is 2.00 bits per heavy atom. The summed E-state index contributed by atoms with van der Waals surface area (Å²) in [5.41, 5.74) is 0.417. The Morgan fingerprint density at radius 3 is 2.18 bits per heavy atom. The van der Waals surface area contributed by atoms with Crippen LogP contribution in [0.1, 0.15) is 31.5 Å². The Morgan fingerprint density at radius 1 is 1.45 bits per heavy atom. The van der Waals surface area contributed by atoms with E-state index in [9.17, 15) is 8.78 Å². The van der Waals surface area contributed by atoms with Gasteiger partial charge in [-0.1, -0.05) is 13.8 Å². The summed E-state index contributed by atoms with van der Waals surface area (Å²) in [6.07, 6.45) is -1.27. The predicted octanol–water partition coefficient (Wildman–Crippen LogP) is 2.68. The predicted molar refractivity (Wildman–Crippen MR) is 39.6 cm³/mol. The number of aromatic amines is 1. The molecule has 0 unspecified atom stereocenters. The van der Waals surface area contributed by atoms with E-state index in [1.165, 1.54) is 0 Å². The van der Waals surface area contributed by atoms with Crippen molar-refractivity contribution < 1.29 is 8.78 Å². The fourth-order valence-electron chi connectivity index (χ4n) is 0.580. The lowest BCUT2D eigenvalue weighted by atomic mass is 10.3. The second kappa shape index (κ2) is 4.82. The van der Waals surface area contributed by atoms with Crippen LogP contribution in [0.3, 0.4) is 0 Å². The van der Waals surface area contributed by atoms with Gasteiger partial charge in [0.05, 0.1) is 11.8 Å². The summed E-state index contributed by atoms with van der Waals surface area (Å²) in [5, 5.41) is 5.86. The molecule has 0 aliphatic rings. The molecule has 1 aromatic heterocycles. The molecule has 2 nitrogen and oxygen atoms in total. The highest BCUT2D eigenvalue weighted by molar-refractivity contribution is 5.15. The van der Waals surface area contributed by atoms with Crippen molar-refractivity contribution in [3.8, 4) is 0 Å². The van der Waals surface area contributed by atoms with Crippen molar-refractivity contribution in [3.05, 3.63) is 17.5 Å². The lowest BCUT2D eigenvalue weighted by molar-refractivity contribution is 0.150. The van der Waals surface area contributed by atoms with Crippen LogP contribution in [0, 0.1) is 6.92 Å². The van der Waals surface area contributed by atoms with Gasteiger partial charge in [0, 0.05) is 5.69 Å². The van der Waals surface area contributed by atoms with Gasteiger partial charge in [-0.15, -0.1) is 0 Å². The molecule has 0 fully saturated rings. The Labute approximate surface area is 64.6 Å². The summed E-state index contributed by atoms with van der Waals surface area (Å²) in [6, 6.07) is 0. The average Bonchev–Trinajstić information content (AvgIpc) is 2.39. The maximum Gasteiger partial charge on any atom is 0.267 e. The van der Waals surface area contributed by atoms with Crippen LogP contribution in [0.4, 0.5) is 8.78 Å². The summed E-state index contributed by atoms with van der Waals surface area (Å²) in [7, 11) is 0. The van der Waals surface area contributed by atoms with Crippen LogP contribution in [0.5, 0.6) is 0 Å². The highest BCUT2D eigenvalue weighted by atomic mass is 19.3. The third-order valence-corrected chi connectivity index (χ3v) is 1.10. The van der Waals surface area contributed by atoms with E-state index >= 15 is 0 Å². The highest BCUT2D eigenvalue weighted by Gasteiger charge is 2.10. The molecular weight excluding hydrogens is 150 g/mol. The number of hydrogen-bond donors (Lipinski definition) is 1. The van der Waals surface area contributed by atoms with Gasteiger partial charge in [-0.2, -0.15) is 5.10 Å². The molecule has 0 atom stereocenters. The minimum absolute atomic E-state index is 0.0185. The first-order chi connectivity index (χ1) is 5.22. The zero-order chi connectivity index (χ0) is 8.85.